The number of hydrogen-bond acceptors (Lipinski definition) is 4. The summed E-state index contributed by atoms with van der Waals surface area (Å²) in [7, 11) is 0. The van der Waals surface area contributed by atoms with Gasteiger partial charge >= 0.3 is 0 Å². The number of nitriles is 1. The number of likely N-dealkylation sites (tertiary alicyclic amines) is 2. The van der Waals surface area contributed by atoms with Gasteiger partial charge in [0.05, 0.1) is 18.0 Å². The number of hydrogen-bond donors (Lipinski definition) is 0. The van der Waals surface area contributed by atoms with E-state index in [0.717, 1.165) is 12.1 Å². The summed E-state index contributed by atoms with van der Waals surface area (Å²) in [6.07, 6.45) is 0.445. The number of nitrogens with zero attached hydrogens (tertiary/aromatic N) is 4. The third kappa shape index (κ3) is 6.41. The number of rotatable bonds is 5. The van der Waals surface area contributed by atoms with Crippen LogP contribution in [0.1, 0.15) is 78.2 Å². The first-order valence-electron chi connectivity index (χ1n) is 14.0. The van der Waals surface area contributed by atoms with Gasteiger partial charge < -0.3 is 9.80 Å². The Morgan fingerprint density at radius 1 is 1.00 bits per heavy atom. The maximum Gasteiger partial charge on any atom is 0.248 e. The van der Waals surface area contributed by atoms with E-state index in [2.05, 4.69) is 31.7 Å². The van der Waals surface area contributed by atoms with Crippen molar-refractivity contribution in [2.24, 2.45) is 11.3 Å². The fourth-order valence-electron chi connectivity index (χ4n) is 6.36. The highest BCUT2D eigenvalue weighted by atomic mass is 35.5. The summed E-state index contributed by atoms with van der Waals surface area (Å²) in [5, 5.41) is 10.3. The Hall–Kier alpha value is -2.24. The minimum Gasteiger partial charge on any atom is -0.340 e. The largest absolute Gasteiger partial charge is 0.340 e. The van der Waals surface area contributed by atoms with Gasteiger partial charge in [-0.25, -0.2) is 8.78 Å². The summed E-state index contributed by atoms with van der Waals surface area (Å²) in [5.74, 6) is -3.21. The van der Waals surface area contributed by atoms with Gasteiger partial charge in [0.2, 0.25) is 17.7 Å². The summed E-state index contributed by atoms with van der Waals surface area (Å²) >= 11 is 6.14. The number of amides is 2. The van der Waals surface area contributed by atoms with E-state index in [9.17, 15) is 23.6 Å². The van der Waals surface area contributed by atoms with Crippen LogP contribution in [-0.2, 0) is 9.59 Å². The summed E-state index contributed by atoms with van der Waals surface area (Å²) in [5.41, 5.74) is -0.283. The molecule has 2 aliphatic heterocycles. The van der Waals surface area contributed by atoms with Gasteiger partial charge in [-0.05, 0) is 71.6 Å². The van der Waals surface area contributed by atoms with Gasteiger partial charge in [-0.2, -0.15) is 5.26 Å². The standard InChI is InChI=1S/C30H41ClF2N4O2/c1-28(2,3)36-17-24(20-6-8-21(31)9-7-20)25(18-36)26(38)35-15-12-23(16-35)37(27(39)29(4,5)19-34)22-10-13-30(32,33)14-11-22/h6-9,22-25H,10-18H2,1-5H3/t23-,24-,25+/m0/s1. The Morgan fingerprint density at radius 2 is 1.62 bits per heavy atom. The monoisotopic (exact) mass is 562 g/mol. The van der Waals surface area contributed by atoms with E-state index < -0.39 is 11.3 Å². The Morgan fingerprint density at radius 3 is 2.18 bits per heavy atom. The molecular weight excluding hydrogens is 522 g/mol. The molecule has 0 N–H and O–H groups in total. The molecule has 1 aromatic carbocycles. The fraction of sp³-hybridized carbons (Fsp3) is 0.700. The number of halogens is 3. The van der Waals surface area contributed by atoms with Crippen molar-refractivity contribution in [3.8, 4) is 6.07 Å². The van der Waals surface area contributed by atoms with E-state index >= 15 is 0 Å². The molecule has 1 saturated carbocycles. The molecular formula is C30H41ClF2N4O2. The molecule has 214 valence electrons. The van der Waals surface area contributed by atoms with Crippen LogP contribution in [0.15, 0.2) is 24.3 Å². The second-order valence-electron chi connectivity index (χ2n) is 13.1. The molecule has 3 fully saturated rings. The Bertz CT molecular complexity index is 1100. The van der Waals surface area contributed by atoms with Crippen molar-refractivity contribution in [2.45, 2.75) is 96.2 Å². The normalized spacial score (nSPS) is 26.4. The lowest BCUT2D eigenvalue weighted by molar-refractivity contribution is -0.147. The molecule has 9 heteroatoms. The lowest BCUT2D eigenvalue weighted by Gasteiger charge is -2.42. The summed E-state index contributed by atoms with van der Waals surface area (Å²) in [6, 6.07) is 9.16. The summed E-state index contributed by atoms with van der Waals surface area (Å²) in [6.45, 7) is 11.9. The van der Waals surface area contributed by atoms with Gasteiger partial charge in [0.25, 0.3) is 0 Å². The lowest BCUT2D eigenvalue weighted by Crippen LogP contribution is -2.54. The number of alkyl halides is 2. The van der Waals surface area contributed by atoms with Crippen LogP contribution in [0.25, 0.3) is 0 Å². The zero-order valence-electron chi connectivity index (χ0n) is 23.7. The van der Waals surface area contributed by atoms with Crippen LogP contribution in [0.4, 0.5) is 8.78 Å². The highest BCUT2D eigenvalue weighted by Gasteiger charge is 2.48. The first-order valence-corrected chi connectivity index (χ1v) is 14.4. The van der Waals surface area contributed by atoms with Gasteiger partial charge in [0.1, 0.15) is 5.41 Å². The van der Waals surface area contributed by atoms with E-state index in [0.29, 0.717) is 31.1 Å². The van der Waals surface area contributed by atoms with Gasteiger partial charge in [0, 0.05) is 61.5 Å². The minimum atomic E-state index is -2.72. The molecule has 1 aliphatic carbocycles. The number of carbonyl (C=O) groups is 2. The average molecular weight is 563 g/mol. The quantitative estimate of drug-likeness (QED) is 0.461. The maximum absolute atomic E-state index is 14.0. The zero-order valence-corrected chi connectivity index (χ0v) is 24.5. The Kier molecular flexibility index (Phi) is 8.36. The first-order chi connectivity index (χ1) is 18.1. The fourth-order valence-corrected chi connectivity index (χ4v) is 6.48. The van der Waals surface area contributed by atoms with Crippen LogP contribution in [0, 0.1) is 22.7 Å². The first kappa shape index (κ1) is 29.7. The maximum atomic E-state index is 14.0. The second kappa shape index (κ2) is 11.0. The Balaban J connectivity index is 1.55. The molecule has 39 heavy (non-hydrogen) atoms. The van der Waals surface area contributed by atoms with E-state index in [1.54, 1.807) is 18.7 Å². The molecule has 3 atom stereocenters. The predicted molar refractivity (Wildman–Crippen MR) is 147 cm³/mol. The van der Waals surface area contributed by atoms with Crippen LogP contribution >= 0.6 is 11.6 Å². The molecule has 4 rings (SSSR count). The van der Waals surface area contributed by atoms with Gasteiger partial charge in [-0.3, -0.25) is 14.5 Å². The molecule has 2 saturated heterocycles. The van der Waals surface area contributed by atoms with Crippen molar-refractivity contribution in [3.05, 3.63) is 34.9 Å². The molecule has 2 heterocycles. The van der Waals surface area contributed by atoms with Gasteiger partial charge in [-0.1, -0.05) is 23.7 Å². The van der Waals surface area contributed by atoms with Crippen LogP contribution in [0.5, 0.6) is 0 Å². The van der Waals surface area contributed by atoms with E-state index in [1.807, 2.05) is 29.2 Å². The van der Waals surface area contributed by atoms with Crippen molar-refractivity contribution >= 4 is 23.4 Å². The van der Waals surface area contributed by atoms with E-state index in [-0.39, 0.29) is 67.0 Å². The molecule has 6 nitrogen and oxygen atoms in total. The van der Waals surface area contributed by atoms with Crippen molar-refractivity contribution in [2.75, 3.05) is 26.2 Å². The van der Waals surface area contributed by atoms with Crippen LogP contribution in [-0.4, -0.2) is 76.2 Å². The average Bonchev–Trinajstić information content (AvgIpc) is 3.53. The molecule has 0 spiro atoms. The SMILES string of the molecule is CC(C)(C#N)C(=O)N(C1CCC(F)(F)CC1)[C@H]1CCN(C(=O)[C@@H]2CN(C(C)(C)C)C[C@H]2c2ccc(Cl)cc2)C1. The van der Waals surface area contributed by atoms with Crippen LogP contribution < -0.4 is 0 Å². The van der Waals surface area contributed by atoms with Gasteiger partial charge in [0.15, 0.2) is 0 Å². The van der Waals surface area contributed by atoms with Gasteiger partial charge in [-0.15, -0.1) is 0 Å². The lowest BCUT2D eigenvalue weighted by atomic mass is 9.86. The zero-order chi connectivity index (χ0) is 28.8. The third-order valence-corrected chi connectivity index (χ3v) is 9.13. The van der Waals surface area contributed by atoms with Crippen LogP contribution in [0.2, 0.25) is 5.02 Å². The van der Waals surface area contributed by atoms with Crippen molar-refractivity contribution in [3.63, 3.8) is 0 Å². The summed E-state index contributed by atoms with van der Waals surface area (Å²) < 4.78 is 27.9. The van der Waals surface area contributed by atoms with Crippen LogP contribution in [0.3, 0.4) is 0 Å². The molecule has 0 radical (unpaired) electrons. The smallest absolute Gasteiger partial charge is 0.248 e. The molecule has 3 aliphatic rings. The van der Waals surface area contributed by atoms with Crippen molar-refractivity contribution < 1.29 is 18.4 Å². The summed E-state index contributed by atoms with van der Waals surface area (Å²) in [4.78, 5) is 33.5. The number of benzene rings is 1. The second-order valence-corrected chi connectivity index (χ2v) is 13.5. The molecule has 0 aromatic heterocycles. The molecule has 0 unspecified atom stereocenters. The number of carbonyl (C=O) groups excluding carboxylic acids is 2. The molecule has 1 aromatic rings. The van der Waals surface area contributed by atoms with Crippen molar-refractivity contribution in [1.29, 1.82) is 5.26 Å². The Labute approximate surface area is 236 Å². The minimum absolute atomic E-state index is 0.0175. The molecule has 0 bridgehead atoms. The highest BCUT2D eigenvalue weighted by molar-refractivity contribution is 6.30. The third-order valence-electron chi connectivity index (χ3n) is 8.88. The topological polar surface area (TPSA) is 67.6 Å². The van der Waals surface area contributed by atoms with E-state index in [1.165, 1.54) is 0 Å². The van der Waals surface area contributed by atoms with Crippen molar-refractivity contribution in [1.82, 2.24) is 14.7 Å². The van der Waals surface area contributed by atoms with E-state index in [4.69, 9.17) is 11.6 Å². The predicted octanol–water partition coefficient (Wildman–Crippen LogP) is 5.71. The molecule has 2 amide bonds. The highest BCUT2D eigenvalue weighted by Crippen LogP contribution is 2.40.